The SMILES string of the molecule is CN1OCC(NC(=O)c2cc(OCCNS(=O)(=O)C(F)(F)F)c(F)cc2Cl)C1=O. The van der Waals surface area contributed by atoms with Crippen LogP contribution in [-0.2, 0) is 19.7 Å². The molecule has 162 valence electrons. The molecule has 1 aliphatic heterocycles. The van der Waals surface area contributed by atoms with Crippen molar-refractivity contribution < 1.29 is 45.1 Å². The summed E-state index contributed by atoms with van der Waals surface area (Å²) in [5.74, 6) is -2.97. The number of hydrogen-bond acceptors (Lipinski definition) is 6. The monoisotopic (exact) mass is 463 g/mol. The predicted molar refractivity (Wildman–Crippen MR) is 89.9 cm³/mol. The minimum Gasteiger partial charge on any atom is -0.489 e. The first-order valence-electron chi connectivity index (χ1n) is 7.72. The van der Waals surface area contributed by atoms with Gasteiger partial charge in [-0.3, -0.25) is 14.4 Å². The second kappa shape index (κ2) is 8.69. The van der Waals surface area contributed by atoms with Gasteiger partial charge in [0.05, 0.1) is 10.6 Å². The van der Waals surface area contributed by atoms with Crippen LogP contribution >= 0.6 is 11.6 Å². The molecule has 0 bridgehead atoms. The number of amides is 2. The highest BCUT2D eigenvalue weighted by molar-refractivity contribution is 7.90. The highest BCUT2D eigenvalue weighted by Crippen LogP contribution is 2.26. The Morgan fingerprint density at radius 3 is 2.62 bits per heavy atom. The van der Waals surface area contributed by atoms with E-state index in [1.807, 2.05) is 0 Å². The Morgan fingerprint density at radius 1 is 1.41 bits per heavy atom. The van der Waals surface area contributed by atoms with E-state index < -0.39 is 58.1 Å². The summed E-state index contributed by atoms with van der Waals surface area (Å²) in [5.41, 5.74) is -5.78. The Kier molecular flexibility index (Phi) is 6.93. The number of nitrogens with one attached hydrogen (secondary N) is 2. The van der Waals surface area contributed by atoms with Crippen molar-refractivity contribution in [3.63, 3.8) is 0 Å². The van der Waals surface area contributed by atoms with Crippen LogP contribution in [0.3, 0.4) is 0 Å². The molecule has 1 saturated heterocycles. The number of carbonyl (C=O) groups is 2. The van der Waals surface area contributed by atoms with E-state index in [9.17, 15) is 35.6 Å². The number of hydroxylamine groups is 2. The largest absolute Gasteiger partial charge is 0.511 e. The second-order valence-corrected chi connectivity index (χ2v) is 7.78. The fraction of sp³-hybridized carbons (Fsp3) is 0.429. The summed E-state index contributed by atoms with van der Waals surface area (Å²) in [6, 6.07) is 0.606. The van der Waals surface area contributed by atoms with Gasteiger partial charge in [-0.25, -0.2) is 22.6 Å². The van der Waals surface area contributed by atoms with E-state index in [0.29, 0.717) is 0 Å². The number of carbonyl (C=O) groups excluding carboxylic acids is 2. The van der Waals surface area contributed by atoms with Gasteiger partial charge in [-0.05, 0) is 12.1 Å². The lowest BCUT2D eigenvalue weighted by Crippen LogP contribution is -2.42. The van der Waals surface area contributed by atoms with Gasteiger partial charge in [0, 0.05) is 13.6 Å². The van der Waals surface area contributed by atoms with Crippen molar-refractivity contribution in [1.29, 1.82) is 0 Å². The average molecular weight is 464 g/mol. The van der Waals surface area contributed by atoms with Gasteiger partial charge >= 0.3 is 15.5 Å². The van der Waals surface area contributed by atoms with E-state index in [2.05, 4.69) is 5.32 Å². The van der Waals surface area contributed by atoms with Crippen molar-refractivity contribution in [3.8, 4) is 5.75 Å². The number of alkyl halides is 3. The molecule has 0 aromatic heterocycles. The van der Waals surface area contributed by atoms with Crippen molar-refractivity contribution in [2.45, 2.75) is 11.6 Å². The van der Waals surface area contributed by atoms with E-state index in [1.165, 1.54) is 11.8 Å². The molecule has 2 rings (SSSR count). The molecule has 1 atom stereocenters. The van der Waals surface area contributed by atoms with Crippen molar-refractivity contribution in [3.05, 3.63) is 28.5 Å². The topological polar surface area (TPSA) is 114 Å². The van der Waals surface area contributed by atoms with Crippen LogP contribution in [0.5, 0.6) is 5.75 Å². The number of sulfonamides is 1. The molecule has 0 spiro atoms. The number of likely N-dealkylation sites (N-methyl/N-ethyl adjacent to an activating group) is 1. The molecule has 1 aromatic rings. The van der Waals surface area contributed by atoms with E-state index in [4.69, 9.17) is 21.2 Å². The maximum Gasteiger partial charge on any atom is 0.511 e. The molecule has 0 aliphatic carbocycles. The number of nitrogens with zero attached hydrogens (tertiary/aromatic N) is 1. The molecular weight excluding hydrogens is 450 g/mol. The van der Waals surface area contributed by atoms with Crippen molar-refractivity contribution >= 4 is 33.4 Å². The average Bonchev–Trinajstić information content (AvgIpc) is 2.91. The van der Waals surface area contributed by atoms with Gasteiger partial charge in [0.25, 0.3) is 11.8 Å². The van der Waals surface area contributed by atoms with Crippen molar-refractivity contribution in [2.24, 2.45) is 0 Å². The standard InChI is InChI=1S/C14H14ClF4N3O6S/c1-22-13(24)10(6-28-22)21-12(23)7-4-11(9(16)5-8(7)15)27-3-2-20-29(25,26)14(17,18)19/h4-5,10,20H,2-3,6H2,1H3,(H,21,23). The van der Waals surface area contributed by atoms with Crippen LogP contribution in [0, 0.1) is 5.82 Å². The van der Waals surface area contributed by atoms with E-state index in [0.717, 1.165) is 17.2 Å². The fourth-order valence-corrected chi connectivity index (χ4v) is 2.86. The van der Waals surface area contributed by atoms with Gasteiger partial charge in [-0.2, -0.15) is 13.2 Å². The maximum absolute atomic E-state index is 13.9. The molecule has 1 fully saturated rings. The quantitative estimate of drug-likeness (QED) is 0.457. The van der Waals surface area contributed by atoms with Gasteiger partial charge < -0.3 is 10.1 Å². The van der Waals surface area contributed by atoms with E-state index >= 15 is 0 Å². The molecular formula is C14H14ClF4N3O6S. The molecule has 1 unspecified atom stereocenters. The number of halogens is 5. The van der Waals surface area contributed by atoms with Gasteiger partial charge in [-0.15, -0.1) is 0 Å². The second-order valence-electron chi connectivity index (χ2n) is 5.61. The Balaban J connectivity index is 2.03. The summed E-state index contributed by atoms with van der Waals surface area (Å²) in [5, 5.41) is 2.94. The zero-order valence-electron chi connectivity index (χ0n) is 14.5. The molecule has 2 amide bonds. The Morgan fingerprint density at radius 2 is 2.07 bits per heavy atom. The Bertz CT molecular complexity index is 911. The third-order valence-corrected chi connectivity index (χ3v) is 5.08. The van der Waals surface area contributed by atoms with Crippen LogP contribution in [0.1, 0.15) is 10.4 Å². The molecule has 0 saturated carbocycles. The third kappa shape index (κ3) is 5.46. The van der Waals surface area contributed by atoms with Crippen LogP contribution in [0.2, 0.25) is 5.02 Å². The fourth-order valence-electron chi connectivity index (χ4n) is 2.11. The number of benzene rings is 1. The van der Waals surface area contributed by atoms with Gasteiger partial charge in [0.15, 0.2) is 11.6 Å². The highest BCUT2D eigenvalue weighted by atomic mass is 35.5. The van der Waals surface area contributed by atoms with Crippen LogP contribution in [-0.4, -0.2) is 63.7 Å². The molecule has 1 aliphatic rings. The van der Waals surface area contributed by atoms with Gasteiger partial charge in [-0.1, -0.05) is 11.6 Å². The molecule has 0 radical (unpaired) electrons. The minimum atomic E-state index is -5.57. The number of hydrogen-bond donors (Lipinski definition) is 2. The van der Waals surface area contributed by atoms with Crippen molar-refractivity contribution in [1.82, 2.24) is 15.1 Å². The van der Waals surface area contributed by atoms with E-state index in [1.54, 1.807) is 0 Å². The lowest BCUT2D eigenvalue weighted by atomic mass is 10.1. The Labute approximate surface area is 166 Å². The summed E-state index contributed by atoms with van der Waals surface area (Å²) < 4.78 is 78.4. The zero-order valence-corrected chi connectivity index (χ0v) is 16.1. The molecule has 1 heterocycles. The lowest BCUT2D eigenvalue weighted by molar-refractivity contribution is -0.154. The Hall–Kier alpha value is -2.16. The summed E-state index contributed by atoms with van der Waals surface area (Å²) in [6.45, 7) is -1.61. The normalized spacial score (nSPS) is 17.5. The molecule has 29 heavy (non-hydrogen) atoms. The van der Waals surface area contributed by atoms with Crippen LogP contribution in [0.15, 0.2) is 12.1 Å². The van der Waals surface area contributed by atoms with E-state index in [-0.39, 0.29) is 17.2 Å². The summed E-state index contributed by atoms with van der Waals surface area (Å²) in [7, 11) is -4.22. The van der Waals surface area contributed by atoms with Crippen LogP contribution < -0.4 is 14.8 Å². The van der Waals surface area contributed by atoms with Gasteiger partial charge in [0.2, 0.25) is 0 Å². The minimum absolute atomic E-state index is 0.122. The third-order valence-electron chi connectivity index (χ3n) is 3.57. The number of rotatable bonds is 7. The first-order valence-corrected chi connectivity index (χ1v) is 9.58. The number of ether oxygens (including phenoxy) is 1. The summed E-state index contributed by atoms with van der Waals surface area (Å²) in [4.78, 5) is 28.9. The summed E-state index contributed by atoms with van der Waals surface area (Å²) >= 11 is 5.82. The first kappa shape index (κ1) is 23.1. The smallest absolute Gasteiger partial charge is 0.489 e. The first-order chi connectivity index (χ1) is 13.3. The zero-order chi connectivity index (χ0) is 22.0. The maximum atomic E-state index is 13.9. The molecule has 2 N–H and O–H groups in total. The molecule has 1 aromatic carbocycles. The van der Waals surface area contributed by atoms with Crippen molar-refractivity contribution in [2.75, 3.05) is 26.8 Å². The summed E-state index contributed by atoms with van der Waals surface area (Å²) in [6.07, 6.45) is 0. The predicted octanol–water partition coefficient (Wildman–Crippen LogP) is 0.799. The molecule has 15 heteroatoms. The highest BCUT2D eigenvalue weighted by Gasteiger charge is 2.45. The lowest BCUT2D eigenvalue weighted by Gasteiger charge is -2.14. The van der Waals surface area contributed by atoms with Crippen LogP contribution in [0.25, 0.3) is 0 Å². The van der Waals surface area contributed by atoms with Gasteiger partial charge in [0.1, 0.15) is 19.3 Å². The molecule has 9 nitrogen and oxygen atoms in total. The van der Waals surface area contributed by atoms with Crippen LogP contribution in [0.4, 0.5) is 17.6 Å².